The summed E-state index contributed by atoms with van der Waals surface area (Å²) >= 11 is 5.86. The fourth-order valence-corrected chi connectivity index (χ4v) is 4.37. The van der Waals surface area contributed by atoms with Crippen molar-refractivity contribution in [3.63, 3.8) is 0 Å². The third-order valence-corrected chi connectivity index (χ3v) is 6.07. The number of hydrogen-bond acceptors (Lipinski definition) is 4. The van der Waals surface area contributed by atoms with Crippen LogP contribution in [0.5, 0.6) is 0 Å². The second-order valence-electron chi connectivity index (χ2n) is 7.74. The summed E-state index contributed by atoms with van der Waals surface area (Å²) in [7, 11) is 0. The van der Waals surface area contributed by atoms with E-state index in [0.717, 1.165) is 6.07 Å². The van der Waals surface area contributed by atoms with Crippen LogP contribution in [0.1, 0.15) is 23.5 Å². The molecule has 1 aliphatic carbocycles. The summed E-state index contributed by atoms with van der Waals surface area (Å²) < 4.78 is 39.8. The third-order valence-electron chi connectivity index (χ3n) is 5.84. The molecule has 6 nitrogen and oxygen atoms in total. The van der Waals surface area contributed by atoms with Crippen molar-refractivity contribution >= 4 is 28.9 Å². The molecule has 2 unspecified atom stereocenters. The topological polar surface area (TPSA) is 66.7 Å². The van der Waals surface area contributed by atoms with Crippen LogP contribution in [0.4, 0.5) is 24.5 Å². The number of amides is 1. The van der Waals surface area contributed by atoms with Gasteiger partial charge in [0.2, 0.25) is 5.91 Å². The number of alkyl halides is 3. The van der Waals surface area contributed by atoms with Crippen LogP contribution in [0.25, 0.3) is 0 Å². The van der Waals surface area contributed by atoms with E-state index in [0.29, 0.717) is 38.3 Å². The Balaban J connectivity index is 1.41. The summed E-state index contributed by atoms with van der Waals surface area (Å²) in [5.74, 6) is -1.05. The summed E-state index contributed by atoms with van der Waals surface area (Å²) in [6.07, 6.45) is -4.06. The number of benzene rings is 2. The molecular weight excluding hydrogens is 435 g/mol. The normalized spacial score (nSPS) is 21.2. The Kier molecular flexibility index (Phi) is 5.55. The summed E-state index contributed by atoms with van der Waals surface area (Å²) in [6, 6.07) is 9.85. The second-order valence-corrected chi connectivity index (χ2v) is 8.17. The highest BCUT2D eigenvalue weighted by Gasteiger charge is 2.49. The molecule has 1 saturated heterocycles. The largest absolute Gasteiger partial charge is 0.416 e. The fourth-order valence-electron chi connectivity index (χ4n) is 4.20. The summed E-state index contributed by atoms with van der Waals surface area (Å²) in [4.78, 5) is 27.2. The van der Waals surface area contributed by atoms with Gasteiger partial charge < -0.3 is 9.80 Å². The number of halogens is 4. The van der Waals surface area contributed by atoms with Crippen molar-refractivity contribution in [1.82, 2.24) is 4.90 Å². The van der Waals surface area contributed by atoms with Crippen molar-refractivity contribution in [1.29, 1.82) is 0 Å². The molecule has 2 fully saturated rings. The second kappa shape index (κ2) is 8.03. The van der Waals surface area contributed by atoms with Crippen LogP contribution in [-0.2, 0) is 11.0 Å². The fraction of sp³-hybridized carbons (Fsp3) is 0.381. The monoisotopic (exact) mass is 453 g/mol. The number of anilines is 1. The van der Waals surface area contributed by atoms with Gasteiger partial charge >= 0.3 is 6.18 Å². The standard InChI is InChI=1S/C21H19ClF3N3O3/c22-13-5-6-18(19(11-13)28(30)31)26-7-9-27(10-8-26)20(29)16-12-15(16)14-3-1-2-4-17(14)21(23,24)25/h1-6,11,15-16H,7-10,12H2. The van der Waals surface area contributed by atoms with Crippen LogP contribution >= 0.6 is 11.6 Å². The van der Waals surface area contributed by atoms with E-state index in [1.807, 2.05) is 4.90 Å². The van der Waals surface area contributed by atoms with Crippen LogP contribution in [0.2, 0.25) is 5.02 Å². The van der Waals surface area contributed by atoms with E-state index >= 15 is 0 Å². The smallest absolute Gasteiger partial charge is 0.362 e. The molecule has 1 aliphatic heterocycles. The number of hydrogen-bond donors (Lipinski definition) is 0. The van der Waals surface area contributed by atoms with Gasteiger partial charge in [-0.25, -0.2) is 0 Å². The zero-order valence-corrected chi connectivity index (χ0v) is 17.1. The molecule has 0 radical (unpaired) electrons. The molecule has 2 aromatic rings. The van der Waals surface area contributed by atoms with Gasteiger partial charge in [-0.15, -0.1) is 0 Å². The van der Waals surface area contributed by atoms with E-state index in [9.17, 15) is 28.1 Å². The van der Waals surface area contributed by atoms with Crippen molar-refractivity contribution in [2.75, 3.05) is 31.1 Å². The van der Waals surface area contributed by atoms with Gasteiger partial charge in [-0.1, -0.05) is 29.8 Å². The number of rotatable bonds is 4. The molecule has 2 aliphatic rings. The highest BCUT2D eigenvalue weighted by Crippen LogP contribution is 2.51. The minimum absolute atomic E-state index is 0.0988. The number of carbonyl (C=O) groups is 1. The maximum Gasteiger partial charge on any atom is 0.416 e. The van der Waals surface area contributed by atoms with E-state index < -0.39 is 28.5 Å². The quantitative estimate of drug-likeness (QED) is 0.496. The Morgan fingerprint density at radius 3 is 2.42 bits per heavy atom. The van der Waals surface area contributed by atoms with Crippen LogP contribution in [0.3, 0.4) is 0 Å². The molecule has 164 valence electrons. The molecule has 0 bridgehead atoms. The molecule has 0 spiro atoms. The average molecular weight is 454 g/mol. The van der Waals surface area contributed by atoms with E-state index in [-0.39, 0.29) is 22.2 Å². The Hall–Kier alpha value is -2.81. The van der Waals surface area contributed by atoms with Crippen LogP contribution in [0, 0.1) is 16.0 Å². The minimum atomic E-state index is -4.45. The zero-order chi connectivity index (χ0) is 22.3. The molecule has 4 rings (SSSR count). The van der Waals surface area contributed by atoms with Crippen LogP contribution in [-0.4, -0.2) is 41.9 Å². The first-order valence-corrected chi connectivity index (χ1v) is 10.2. The highest BCUT2D eigenvalue weighted by molar-refractivity contribution is 6.30. The predicted molar refractivity (Wildman–Crippen MR) is 109 cm³/mol. The molecule has 0 N–H and O–H groups in total. The van der Waals surface area contributed by atoms with Crippen molar-refractivity contribution in [3.8, 4) is 0 Å². The zero-order valence-electron chi connectivity index (χ0n) is 16.3. The van der Waals surface area contributed by atoms with Gasteiger partial charge in [0.05, 0.1) is 10.5 Å². The highest BCUT2D eigenvalue weighted by atomic mass is 35.5. The number of nitro benzene ring substituents is 1. The summed E-state index contributed by atoms with van der Waals surface area (Å²) in [6.45, 7) is 1.49. The van der Waals surface area contributed by atoms with E-state index in [2.05, 4.69) is 0 Å². The minimum Gasteiger partial charge on any atom is -0.362 e. The van der Waals surface area contributed by atoms with Crippen molar-refractivity contribution in [3.05, 3.63) is 68.7 Å². The first-order valence-electron chi connectivity index (χ1n) is 9.80. The lowest BCUT2D eigenvalue weighted by molar-refractivity contribution is -0.384. The lowest BCUT2D eigenvalue weighted by Crippen LogP contribution is -2.49. The van der Waals surface area contributed by atoms with Gasteiger partial charge in [-0.05, 0) is 36.1 Å². The number of nitrogens with zero attached hydrogens (tertiary/aromatic N) is 3. The molecule has 1 heterocycles. The van der Waals surface area contributed by atoms with Crippen LogP contribution in [0.15, 0.2) is 42.5 Å². The first-order chi connectivity index (χ1) is 14.7. The lowest BCUT2D eigenvalue weighted by atomic mass is 10.0. The molecule has 31 heavy (non-hydrogen) atoms. The maximum absolute atomic E-state index is 13.3. The predicted octanol–water partition coefficient (Wildman–Crippen LogP) is 4.72. The summed E-state index contributed by atoms with van der Waals surface area (Å²) in [5.41, 5.74) is -0.179. The Labute approximate surface area is 181 Å². The van der Waals surface area contributed by atoms with Gasteiger partial charge in [-0.3, -0.25) is 14.9 Å². The molecule has 2 aromatic carbocycles. The van der Waals surface area contributed by atoms with E-state index in [1.165, 1.54) is 18.2 Å². The molecular formula is C21H19ClF3N3O3. The molecule has 2 atom stereocenters. The van der Waals surface area contributed by atoms with E-state index in [4.69, 9.17) is 11.6 Å². The number of nitro groups is 1. The number of piperazine rings is 1. The summed E-state index contributed by atoms with van der Waals surface area (Å²) in [5, 5.41) is 11.6. The van der Waals surface area contributed by atoms with Gasteiger partial charge in [0, 0.05) is 43.2 Å². The van der Waals surface area contributed by atoms with E-state index in [1.54, 1.807) is 23.1 Å². The molecule has 0 aromatic heterocycles. The van der Waals surface area contributed by atoms with Gasteiger partial charge in [0.25, 0.3) is 5.69 Å². The Bertz CT molecular complexity index is 1020. The first kappa shape index (κ1) is 21.4. The molecule has 10 heteroatoms. The van der Waals surface area contributed by atoms with Gasteiger partial charge in [0.15, 0.2) is 0 Å². The SMILES string of the molecule is O=C(C1CC1c1ccccc1C(F)(F)F)N1CCN(c2ccc(Cl)cc2[N+](=O)[O-])CC1. The number of carbonyl (C=O) groups excluding carboxylic acids is 1. The molecule has 1 saturated carbocycles. The van der Waals surface area contributed by atoms with Crippen LogP contribution < -0.4 is 4.90 Å². The molecule has 1 amide bonds. The van der Waals surface area contributed by atoms with Crippen molar-refractivity contribution in [2.24, 2.45) is 5.92 Å². The third kappa shape index (κ3) is 4.32. The van der Waals surface area contributed by atoms with Gasteiger partial charge in [-0.2, -0.15) is 13.2 Å². The Morgan fingerprint density at radius 1 is 1.10 bits per heavy atom. The van der Waals surface area contributed by atoms with Crippen molar-refractivity contribution < 1.29 is 22.9 Å². The average Bonchev–Trinajstić information content (AvgIpc) is 3.53. The Morgan fingerprint density at radius 2 is 1.77 bits per heavy atom. The lowest BCUT2D eigenvalue weighted by Gasteiger charge is -2.36. The maximum atomic E-state index is 13.3. The van der Waals surface area contributed by atoms with Crippen molar-refractivity contribution in [2.45, 2.75) is 18.5 Å². The van der Waals surface area contributed by atoms with Gasteiger partial charge in [0.1, 0.15) is 5.69 Å².